The van der Waals surface area contributed by atoms with Crippen molar-refractivity contribution in [2.75, 3.05) is 23.3 Å². The third kappa shape index (κ3) is 2.88. The molecular weight excluding hydrogens is 324 g/mol. The van der Waals surface area contributed by atoms with Gasteiger partial charge in [-0.15, -0.1) is 11.3 Å². The summed E-state index contributed by atoms with van der Waals surface area (Å²) < 4.78 is 1.68. The molecule has 1 amide bonds. The summed E-state index contributed by atoms with van der Waals surface area (Å²) in [5.41, 5.74) is 1.61. The molecular formula is C16H16N6OS. The molecule has 1 aliphatic rings. The van der Waals surface area contributed by atoms with Crippen molar-refractivity contribution in [2.45, 2.75) is 12.8 Å². The van der Waals surface area contributed by atoms with Crippen molar-refractivity contribution in [3.63, 3.8) is 0 Å². The lowest BCUT2D eigenvalue weighted by Gasteiger charge is -2.19. The van der Waals surface area contributed by atoms with Crippen molar-refractivity contribution in [1.82, 2.24) is 19.7 Å². The lowest BCUT2D eigenvalue weighted by Crippen LogP contribution is -2.20. The lowest BCUT2D eigenvalue weighted by atomic mass is 10.4. The SMILES string of the molecule is O=C(Nc1cnn(-c2ncncc2N2CCCC2)c1)c1cccs1. The highest BCUT2D eigenvalue weighted by atomic mass is 32.1. The Morgan fingerprint density at radius 2 is 2.12 bits per heavy atom. The Kier molecular flexibility index (Phi) is 3.96. The normalized spacial score (nSPS) is 14.1. The van der Waals surface area contributed by atoms with Crippen molar-refractivity contribution < 1.29 is 4.79 Å². The van der Waals surface area contributed by atoms with Gasteiger partial charge in [0.05, 0.1) is 29.2 Å². The minimum Gasteiger partial charge on any atom is -0.367 e. The molecule has 122 valence electrons. The molecule has 1 fully saturated rings. The summed E-state index contributed by atoms with van der Waals surface area (Å²) >= 11 is 1.41. The van der Waals surface area contributed by atoms with Crippen molar-refractivity contribution in [3.05, 3.63) is 47.3 Å². The van der Waals surface area contributed by atoms with Gasteiger partial charge in [0.25, 0.3) is 5.91 Å². The van der Waals surface area contributed by atoms with Gasteiger partial charge in [-0.25, -0.2) is 14.6 Å². The maximum atomic E-state index is 12.1. The highest BCUT2D eigenvalue weighted by Gasteiger charge is 2.18. The van der Waals surface area contributed by atoms with Crippen LogP contribution in [-0.2, 0) is 0 Å². The molecule has 0 aromatic carbocycles. The van der Waals surface area contributed by atoms with Gasteiger partial charge in [0.1, 0.15) is 12.0 Å². The number of thiophene rings is 1. The van der Waals surface area contributed by atoms with E-state index in [1.165, 1.54) is 30.5 Å². The second-order valence-electron chi connectivity index (χ2n) is 5.53. The minimum atomic E-state index is -0.132. The number of aromatic nitrogens is 4. The van der Waals surface area contributed by atoms with Crippen LogP contribution >= 0.6 is 11.3 Å². The molecule has 1 N–H and O–H groups in total. The second-order valence-corrected chi connectivity index (χ2v) is 6.48. The standard InChI is InChI=1S/C16H16N6OS/c23-16(14-4-3-7-24-14)20-12-8-19-22(10-12)15-13(9-17-11-18-15)21-5-1-2-6-21/h3-4,7-11H,1-2,5-6H2,(H,20,23). The van der Waals surface area contributed by atoms with Crippen LogP contribution in [0.5, 0.6) is 0 Å². The first-order valence-corrected chi connectivity index (χ1v) is 8.64. The highest BCUT2D eigenvalue weighted by molar-refractivity contribution is 7.12. The van der Waals surface area contributed by atoms with Crippen molar-refractivity contribution in [1.29, 1.82) is 0 Å². The van der Waals surface area contributed by atoms with Crippen LogP contribution in [0.25, 0.3) is 5.82 Å². The summed E-state index contributed by atoms with van der Waals surface area (Å²) in [6.45, 7) is 2.01. The largest absolute Gasteiger partial charge is 0.367 e. The quantitative estimate of drug-likeness (QED) is 0.790. The van der Waals surface area contributed by atoms with Crippen LogP contribution in [0.2, 0.25) is 0 Å². The molecule has 0 aliphatic carbocycles. The average Bonchev–Trinajstić information content (AvgIpc) is 3.36. The Morgan fingerprint density at radius 3 is 2.92 bits per heavy atom. The van der Waals surface area contributed by atoms with Gasteiger partial charge in [0.2, 0.25) is 0 Å². The Morgan fingerprint density at radius 1 is 1.25 bits per heavy atom. The number of nitrogens with one attached hydrogen (secondary N) is 1. The van der Waals surface area contributed by atoms with Crippen LogP contribution in [0.15, 0.2) is 42.4 Å². The van der Waals surface area contributed by atoms with Crippen LogP contribution in [-0.4, -0.2) is 38.7 Å². The Labute approximate surface area is 143 Å². The van der Waals surface area contributed by atoms with Crippen molar-refractivity contribution >= 4 is 28.6 Å². The van der Waals surface area contributed by atoms with Gasteiger partial charge in [0, 0.05) is 13.1 Å². The second kappa shape index (κ2) is 6.40. The van der Waals surface area contributed by atoms with E-state index in [1.54, 1.807) is 23.1 Å². The van der Waals surface area contributed by atoms with E-state index >= 15 is 0 Å². The molecule has 4 heterocycles. The highest BCUT2D eigenvalue weighted by Crippen LogP contribution is 2.25. The molecule has 1 aliphatic heterocycles. The molecule has 8 heteroatoms. The molecule has 3 aromatic rings. The van der Waals surface area contributed by atoms with Gasteiger partial charge < -0.3 is 10.2 Å². The fraction of sp³-hybridized carbons (Fsp3) is 0.250. The van der Waals surface area contributed by atoms with Crippen molar-refractivity contribution in [3.8, 4) is 5.82 Å². The topological polar surface area (TPSA) is 75.9 Å². The number of hydrogen-bond donors (Lipinski definition) is 1. The number of hydrogen-bond acceptors (Lipinski definition) is 6. The first-order valence-electron chi connectivity index (χ1n) is 7.76. The van der Waals surface area contributed by atoms with E-state index in [-0.39, 0.29) is 5.91 Å². The van der Waals surface area contributed by atoms with Crippen LogP contribution in [0, 0.1) is 0 Å². The molecule has 0 radical (unpaired) electrons. The van der Waals surface area contributed by atoms with Crippen LogP contribution < -0.4 is 10.2 Å². The number of rotatable bonds is 4. The zero-order valence-corrected chi connectivity index (χ0v) is 13.7. The molecule has 0 unspecified atom stereocenters. The Hall–Kier alpha value is -2.74. The van der Waals surface area contributed by atoms with Gasteiger partial charge >= 0.3 is 0 Å². The van der Waals surface area contributed by atoms with Crippen LogP contribution in [0.4, 0.5) is 11.4 Å². The van der Waals surface area contributed by atoms with E-state index in [0.717, 1.165) is 24.6 Å². The molecule has 0 spiro atoms. The first kappa shape index (κ1) is 14.8. The van der Waals surface area contributed by atoms with Gasteiger partial charge in [-0.05, 0) is 24.3 Å². The number of carbonyl (C=O) groups is 1. The maximum Gasteiger partial charge on any atom is 0.265 e. The molecule has 0 bridgehead atoms. The van der Waals surface area contributed by atoms with E-state index in [4.69, 9.17) is 0 Å². The van der Waals surface area contributed by atoms with E-state index in [9.17, 15) is 4.79 Å². The molecule has 1 saturated heterocycles. The summed E-state index contributed by atoms with van der Waals surface area (Å²) in [6, 6.07) is 3.65. The van der Waals surface area contributed by atoms with Crippen LogP contribution in [0.3, 0.4) is 0 Å². The molecule has 4 rings (SSSR count). The van der Waals surface area contributed by atoms with Crippen molar-refractivity contribution in [2.24, 2.45) is 0 Å². The summed E-state index contributed by atoms with van der Waals surface area (Å²) in [7, 11) is 0. The fourth-order valence-electron chi connectivity index (χ4n) is 2.78. The summed E-state index contributed by atoms with van der Waals surface area (Å²) in [5.74, 6) is 0.593. The van der Waals surface area contributed by atoms with E-state index in [2.05, 4.69) is 25.3 Å². The third-order valence-electron chi connectivity index (χ3n) is 3.92. The molecule has 3 aromatic heterocycles. The predicted octanol–water partition coefficient (Wildman–Crippen LogP) is 2.58. The zero-order valence-electron chi connectivity index (χ0n) is 12.9. The smallest absolute Gasteiger partial charge is 0.265 e. The van der Waals surface area contributed by atoms with Gasteiger partial charge in [-0.2, -0.15) is 5.10 Å². The van der Waals surface area contributed by atoms with Gasteiger partial charge in [-0.3, -0.25) is 4.79 Å². The van der Waals surface area contributed by atoms with Gasteiger partial charge in [0.15, 0.2) is 5.82 Å². The predicted molar refractivity (Wildman–Crippen MR) is 92.9 cm³/mol. The monoisotopic (exact) mass is 340 g/mol. The third-order valence-corrected chi connectivity index (χ3v) is 4.79. The van der Waals surface area contributed by atoms with E-state index < -0.39 is 0 Å². The summed E-state index contributed by atoms with van der Waals surface area (Å²) in [6.07, 6.45) is 9.08. The lowest BCUT2D eigenvalue weighted by molar-refractivity contribution is 0.103. The maximum absolute atomic E-state index is 12.1. The average molecular weight is 340 g/mol. The van der Waals surface area contributed by atoms with Crippen LogP contribution in [0.1, 0.15) is 22.5 Å². The zero-order chi connectivity index (χ0) is 16.4. The number of nitrogens with zero attached hydrogens (tertiary/aromatic N) is 5. The number of anilines is 2. The number of carbonyl (C=O) groups excluding carboxylic acids is 1. The van der Waals surface area contributed by atoms with Gasteiger partial charge in [-0.1, -0.05) is 6.07 Å². The fourth-order valence-corrected chi connectivity index (χ4v) is 3.40. The molecule has 0 atom stereocenters. The molecule has 7 nitrogen and oxygen atoms in total. The summed E-state index contributed by atoms with van der Waals surface area (Å²) in [5, 5.41) is 9.07. The number of amides is 1. The molecule has 24 heavy (non-hydrogen) atoms. The first-order chi connectivity index (χ1) is 11.8. The minimum absolute atomic E-state index is 0.132. The Balaban J connectivity index is 1.58. The van der Waals surface area contributed by atoms with E-state index in [0.29, 0.717) is 10.6 Å². The summed E-state index contributed by atoms with van der Waals surface area (Å²) in [4.78, 5) is 23.6. The Bertz CT molecular complexity index is 838. The molecule has 0 saturated carbocycles. The van der Waals surface area contributed by atoms with E-state index in [1.807, 2.05) is 17.6 Å².